The van der Waals surface area contributed by atoms with Gasteiger partial charge >= 0.3 is 10.1 Å². The van der Waals surface area contributed by atoms with Crippen LogP contribution in [-0.2, 0) is 21.6 Å². The molecule has 2 aromatic rings. The third-order valence-electron chi connectivity index (χ3n) is 2.96. The first-order valence-electron chi connectivity index (χ1n) is 6.55. The highest BCUT2D eigenvalue weighted by Gasteiger charge is 2.04. The Balaban J connectivity index is 1.88. The Bertz CT molecular complexity index is 692. The van der Waals surface area contributed by atoms with E-state index < -0.39 is 10.1 Å². The maximum Gasteiger partial charge on any atom is 0.306 e. The van der Waals surface area contributed by atoms with Crippen molar-refractivity contribution in [1.82, 2.24) is 0 Å². The molecule has 0 spiro atoms. The zero-order valence-electron chi connectivity index (χ0n) is 12.1. The van der Waals surface area contributed by atoms with Gasteiger partial charge in [0.15, 0.2) is 0 Å². The van der Waals surface area contributed by atoms with Crippen LogP contribution >= 0.6 is 11.8 Å². The van der Waals surface area contributed by atoms with E-state index in [0.29, 0.717) is 5.75 Å². The molecule has 2 aromatic carbocycles. The van der Waals surface area contributed by atoms with Crippen LogP contribution in [0.5, 0.6) is 5.75 Å². The number of hydrogen-bond acceptors (Lipinski definition) is 4. The lowest BCUT2D eigenvalue weighted by Gasteiger charge is -2.06. The molecule has 0 bridgehead atoms. The van der Waals surface area contributed by atoms with Gasteiger partial charge in [-0.3, -0.25) is 0 Å². The minimum Gasteiger partial charge on any atom is -0.383 e. The van der Waals surface area contributed by atoms with Crippen LogP contribution in [-0.4, -0.2) is 14.7 Å². The van der Waals surface area contributed by atoms with Gasteiger partial charge < -0.3 is 4.18 Å². The zero-order valence-corrected chi connectivity index (χ0v) is 13.7. The molecule has 5 heteroatoms. The molecule has 0 aliphatic rings. The Morgan fingerprint density at radius 3 is 2.29 bits per heavy atom. The van der Waals surface area contributed by atoms with Crippen LogP contribution in [0, 0.1) is 6.92 Å². The predicted molar refractivity (Wildman–Crippen MR) is 88.1 cm³/mol. The Hall–Kier alpha value is -1.46. The fourth-order valence-corrected chi connectivity index (χ4v) is 3.40. The third-order valence-corrected chi connectivity index (χ3v) is 4.51. The largest absolute Gasteiger partial charge is 0.383 e. The van der Waals surface area contributed by atoms with Gasteiger partial charge in [0.05, 0.1) is 6.26 Å². The minimum absolute atomic E-state index is 0.352. The topological polar surface area (TPSA) is 43.4 Å². The van der Waals surface area contributed by atoms with Crippen molar-refractivity contribution in [2.75, 3.05) is 6.26 Å². The summed E-state index contributed by atoms with van der Waals surface area (Å²) >= 11 is 1.83. The summed E-state index contributed by atoms with van der Waals surface area (Å²) < 4.78 is 26.9. The number of benzene rings is 2. The molecule has 0 fully saturated rings. The van der Waals surface area contributed by atoms with Gasteiger partial charge in [-0.25, -0.2) is 0 Å². The number of thioether (sulfide) groups is 1. The molecular formula is C16H18O3S2. The quantitative estimate of drug-likeness (QED) is 0.759. The highest BCUT2D eigenvalue weighted by molar-refractivity contribution is 7.97. The second-order valence-corrected chi connectivity index (χ2v) is 7.41. The number of aryl methyl sites for hydroxylation is 1. The average molecular weight is 322 g/mol. The van der Waals surface area contributed by atoms with Crippen molar-refractivity contribution in [3.8, 4) is 5.75 Å². The summed E-state index contributed by atoms with van der Waals surface area (Å²) in [6, 6.07) is 15.5. The summed E-state index contributed by atoms with van der Waals surface area (Å²) in [5.41, 5.74) is 3.80. The normalized spacial score (nSPS) is 11.3. The van der Waals surface area contributed by atoms with Gasteiger partial charge in [0.2, 0.25) is 0 Å². The lowest BCUT2D eigenvalue weighted by atomic mass is 10.1. The summed E-state index contributed by atoms with van der Waals surface area (Å²) in [5, 5.41) is 0. The van der Waals surface area contributed by atoms with Crippen LogP contribution in [0.15, 0.2) is 48.5 Å². The van der Waals surface area contributed by atoms with Gasteiger partial charge in [0, 0.05) is 11.5 Å². The van der Waals surface area contributed by atoms with E-state index >= 15 is 0 Å². The summed E-state index contributed by atoms with van der Waals surface area (Å²) in [6.45, 7) is 2.12. The lowest BCUT2D eigenvalue weighted by Crippen LogP contribution is -2.05. The van der Waals surface area contributed by atoms with Gasteiger partial charge in [-0.2, -0.15) is 20.2 Å². The fraction of sp³-hybridized carbons (Fsp3) is 0.250. The Morgan fingerprint density at radius 1 is 1.00 bits per heavy atom. The number of hydrogen-bond donors (Lipinski definition) is 0. The molecule has 0 amide bonds. The van der Waals surface area contributed by atoms with Crippen LogP contribution < -0.4 is 4.18 Å². The zero-order chi connectivity index (χ0) is 15.3. The molecule has 0 heterocycles. The van der Waals surface area contributed by atoms with Crippen LogP contribution in [0.4, 0.5) is 0 Å². The fourth-order valence-electron chi connectivity index (χ4n) is 1.87. The average Bonchev–Trinajstić information content (AvgIpc) is 2.41. The molecule has 0 unspecified atom stereocenters. The van der Waals surface area contributed by atoms with Crippen LogP contribution in [0.3, 0.4) is 0 Å². The van der Waals surface area contributed by atoms with E-state index in [1.165, 1.54) is 11.1 Å². The second-order valence-electron chi connectivity index (χ2n) is 4.85. The molecule has 0 saturated carbocycles. The van der Waals surface area contributed by atoms with Gasteiger partial charge in [-0.05, 0) is 35.7 Å². The van der Waals surface area contributed by atoms with E-state index in [2.05, 4.69) is 25.1 Å². The van der Waals surface area contributed by atoms with E-state index in [4.69, 9.17) is 4.18 Å². The van der Waals surface area contributed by atoms with E-state index in [1.54, 1.807) is 12.1 Å². The summed E-state index contributed by atoms with van der Waals surface area (Å²) in [4.78, 5) is 0. The summed E-state index contributed by atoms with van der Waals surface area (Å²) in [5.74, 6) is 2.20. The highest BCUT2D eigenvalue weighted by atomic mass is 32.2. The monoisotopic (exact) mass is 322 g/mol. The van der Waals surface area contributed by atoms with Crippen molar-refractivity contribution < 1.29 is 12.6 Å². The van der Waals surface area contributed by atoms with Crippen LogP contribution in [0.2, 0.25) is 0 Å². The molecule has 3 nitrogen and oxygen atoms in total. The molecule has 2 rings (SSSR count). The van der Waals surface area contributed by atoms with Crippen molar-refractivity contribution >= 4 is 21.9 Å². The standard InChI is InChI=1S/C16H18O3S2/c1-13-5-3-4-6-15(13)12-20-11-14-7-9-16(10-8-14)19-21(2,17)18/h3-10H,11-12H2,1-2H3. The van der Waals surface area contributed by atoms with E-state index in [1.807, 2.05) is 30.0 Å². The molecule has 0 radical (unpaired) electrons. The van der Waals surface area contributed by atoms with Crippen LogP contribution in [0.1, 0.15) is 16.7 Å². The minimum atomic E-state index is -3.45. The smallest absolute Gasteiger partial charge is 0.306 e. The van der Waals surface area contributed by atoms with E-state index in [9.17, 15) is 8.42 Å². The van der Waals surface area contributed by atoms with Gasteiger partial charge in [-0.15, -0.1) is 0 Å². The molecule has 0 aromatic heterocycles. The van der Waals surface area contributed by atoms with Gasteiger partial charge in [0.1, 0.15) is 5.75 Å². The van der Waals surface area contributed by atoms with Gasteiger partial charge in [0.25, 0.3) is 0 Å². The van der Waals surface area contributed by atoms with E-state index in [0.717, 1.165) is 23.3 Å². The molecule has 112 valence electrons. The van der Waals surface area contributed by atoms with Crippen LogP contribution in [0.25, 0.3) is 0 Å². The molecular weight excluding hydrogens is 304 g/mol. The van der Waals surface area contributed by atoms with Gasteiger partial charge in [-0.1, -0.05) is 36.4 Å². The summed E-state index contributed by atoms with van der Waals surface area (Å²) in [6.07, 6.45) is 1.04. The lowest BCUT2D eigenvalue weighted by molar-refractivity contribution is 0.493. The Labute approximate surface area is 130 Å². The molecule has 0 saturated heterocycles. The molecule has 0 aliphatic heterocycles. The second kappa shape index (κ2) is 7.00. The SMILES string of the molecule is Cc1ccccc1CSCc1ccc(OS(C)(=O)=O)cc1. The molecule has 0 atom stereocenters. The highest BCUT2D eigenvalue weighted by Crippen LogP contribution is 2.22. The Kier molecular flexibility index (Phi) is 5.31. The maximum absolute atomic E-state index is 11.0. The first kappa shape index (κ1) is 15.9. The third kappa shape index (κ3) is 5.44. The predicted octanol–water partition coefficient (Wildman–Crippen LogP) is 3.77. The molecule has 0 aliphatic carbocycles. The first-order valence-corrected chi connectivity index (χ1v) is 9.52. The van der Waals surface area contributed by atoms with Crippen molar-refractivity contribution in [1.29, 1.82) is 0 Å². The summed E-state index contributed by atoms with van der Waals surface area (Å²) in [7, 11) is -3.45. The number of rotatable bonds is 6. The Morgan fingerprint density at radius 2 is 1.67 bits per heavy atom. The van der Waals surface area contributed by atoms with Crippen molar-refractivity contribution in [2.24, 2.45) is 0 Å². The van der Waals surface area contributed by atoms with Crippen molar-refractivity contribution in [3.05, 3.63) is 65.2 Å². The molecule has 0 N–H and O–H groups in total. The maximum atomic E-state index is 11.0. The molecule has 21 heavy (non-hydrogen) atoms. The van der Waals surface area contributed by atoms with Crippen molar-refractivity contribution in [3.63, 3.8) is 0 Å². The first-order chi connectivity index (χ1) is 9.94. The van der Waals surface area contributed by atoms with E-state index in [-0.39, 0.29) is 0 Å². The van der Waals surface area contributed by atoms with Crippen molar-refractivity contribution in [2.45, 2.75) is 18.4 Å².